The largest absolute Gasteiger partial charge is 0.207 e. The van der Waals surface area contributed by atoms with Gasteiger partial charge in [0.05, 0.1) is 5.38 Å². The predicted octanol–water partition coefficient (Wildman–Crippen LogP) is 5.76. The van der Waals surface area contributed by atoms with Crippen molar-refractivity contribution in [1.29, 1.82) is 0 Å². The molecule has 94 valence electrons. The van der Waals surface area contributed by atoms with E-state index in [-0.39, 0.29) is 11.2 Å². The second-order valence-electron chi connectivity index (χ2n) is 3.96. The molecule has 0 nitrogen and oxygen atoms in total. The average molecular weight is 348 g/mol. The van der Waals surface area contributed by atoms with E-state index in [0.717, 1.165) is 11.1 Å². The first kappa shape index (κ1) is 13.9. The fourth-order valence-electron chi connectivity index (χ4n) is 1.69. The minimum absolute atomic E-state index is 0.207. The number of alkyl halides is 1. The van der Waals surface area contributed by atoms with Gasteiger partial charge in [0.25, 0.3) is 0 Å². The summed E-state index contributed by atoms with van der Waals surface area (Å²) in [6, 6.07) is 12.1. The van der Waals surface area contributed by atoms with Gasteiger partial charge in [-0.2, -0.15) is 0 Å². The van der Waals surface area contributed by atoms with Crippen LogP contribution in [-0.2, 0) is 6.42 Å². The Bertz CT molecular complexity index is 540. The minimum atomic E-state index is -0.277. The molecule has 1 unspecified atom stereocenters. The Hall–Kier alpha value is -0.570. The number of hydrogen-bond donors (Lipinski definition) is 0. The monoisotopic (exact) mass is 346 g/mol. The molecule has 0 saturated carbocycles. The molecular weight excluding hydrogens is 338 g/mol. The Morgan fingerprint density at radius 3 is 2.39 bits per heavy atom. The van der Waals surface area contributed by atoms with Gasteiger partial charge in [0.15, 0.2) is 0 Å². The Kier molecular flexibility index (Phi) is 4.66. The zero-order valence-electron chi connectivity index (χ0n) is 9.34. The number of hydrogen-bond acceptors (Lipinski definition) is 0. The van der Waals surface area contributed by atoms with Crippen molar-refractivity contribution < 1.29 is 4.39 Å². The summed E-state index contributed by atoms with van der Waals surface area (Å²) in [5, 5.41) is 0.494. The summed E-state index contributed by atoms with van der Waals surface area (Å²) in [6.45, 7) is 0. The first-order valence-corrected chi connectivity index (χ1v) is 7.00. The maximum atomic E-state index is 13.0. The SMILES string of the molecule is Fc1ccc(C(Cl)Cc2ccc(Cl)cc2)c(Br)c1. The highest BCUT2D eigenvalue weighted by Gasteiger charge is 2.13. The molecule has 0 amide bonds. The normalized spacial score (nSPS) is 12.4. The minimum Gasteiger partial charge on any atom is -0.207 e. The van der Waals surface area contributed by atoms with Crippen molar-refractivity contribution in [3.05, 3.63) is 68.9 Å². The molecule has 0 radical (unpaired) electrons. The van der Waals surface area contributed by atoms with E-state index >= 15 is 0 Å². The van der Waals surface area contributed by atoms with Crippen molar-refractivity contribution in [2.75, 3.05) is 0 Å². The van der Waals surface area contributed by atoms with Crippen LogP contribution >= 0.6 is 39.1 Å². The number of benzene rings is 2. The summed E-state index contributed by atoms with van der Waals surface area (Å²) in [6.07, 6.45) is 0.670. The topological polar surface area (TPSA) is 0 Å². The van der Waals surface area contributed by atoms with Crippen LogP contribution in [0.25, 0.3) is 0 Å². The molecule has 0 spiro atoms. The first-order chi connectivity index (χ1) is 8.56. The molecule has 2 rings (SSSR count). The molecule has 0 aliphatic rings. The highest BCUT2D eigenvalue weighted by Crippen LogP contribution is 2.31. The lowest BCUT2D eigenvalue weighted by molar-refractivity contribution is 0.625. The van der Waals surface area contributed by atoms with Crippen molar-refractivity contribution in [2.24, 2.45) is 0 Å². The molecule has 2 aromatic carbocycles. The summed E-state index contributed by atoms with van der Waals surface area (Å²) in [5.74, 6) is -0.277. The van der Waals surface area contributed by atoms with E-state index in [1.165, 1.54) is 12.1 Å². The Morgan fingerprint density at radius 2 is 1.78 bits per heavy atom. The first-order valence-electron chi connectivity index (χ1n) is 5.40. The number of rotatable bonds is 3. The lowest BCUT2D eigenvalue weighted by Crippen LogP contribution is -1.97. The fourth-order valence-corrected chi connectivity index (χ4v) is 2.95. The predicted molar refractivity (Wildman–Crippen MR) is 77.9 cm³/mol. The van der Waals surface area contributed by atoms with Crippen LogP contribution in [0.4, 0.5) is 4.39 Å². The second kappa shape index (κ2) is 6.05. The summed E-state index contributed by atoms with van der Waals surface area (Å²) >= 11 is 15.5. The average Bonchev–Trinajstić information content (AvgIpc) is 2.32. The molecule has 0 aliphatic carbocycles. The molecule has 0 fully saturated rings. The van der Waals surface area contributed by atoms with Crippen LogP contribution in [0.5, 0.6) is 0 Å². The lowest BCUT2D eigenvalue weighted by Gasteiger charge is -2.12. The van der Waals surface area contributed by atoms with Crippen molar-refractivity contribution >= 4 is 39.1 Å². The van der Waals surface area contributed by atoms with E-state index < -0.39 is 0 Å². The van der Waals surface area contributed by atoms with Gasteiger partial charge in [0.1, 0.15) is 5.82 Å². The van der Waals surface area contributed by atoms with Crippen molar-refractivity contribution in [3.63, 3.8) is 0 Å². The fraction of sp³-hybridized carbons (Fsp3) is 0.143. The molecule has 0 saturated heterocycles. The van der Waals surface area contributed by atoms with E-state index in [4.69, 9.17) is 23.2 Å². The smallest absolute Gasteiger partial charge is 0.124 e. The third kappa shape index (κ3) is 3.47. The van der Waals surface area contributed by atoms with Gasteiger partial charge in [0, 0.05) is 9.50 Å². The Morgan fingerprint density at radius 1 is 1.11 bits per heavy atom. The van der Waals surface area contributed by atoms with Crippen molar-refractivity contribution in [2.45, 2.75) is 11.8 Å². The molecule has 18 heavy (non-hydrogen) atoms. The van der Waals surface area contributed by atoms with Gasteiger partial charge in [-0.3, -0.25) is 0 Å². The molecule has 0 N–H and O–H groups in total. The van der Waals surface area contributed by atoms with Gasteiger partial charge in [-0.05, 0) is 41.8 Å². The maximum Gasteiger partial charge on any atom is 0.124 e. The summed E-state index contributed by atoms with van der Waals surface area (Å²) in [4.78, 5) is 0. The van der Waals surface area contributed by atoms with E-state index in [1.807, 2.05) is 24.3 Å². The van der Waals surface area contributed by atoms with Crippen molar-refractivity contribution in [1.82, 2.24) is 0 Å². The third-order valence-corrected chi connectivity index (χ3v) is 3.96. The molecule has 0 aliphatic heterocycles. The highest BCUT2D eigenvalue weighted by atomic mass is 79.9. The van der Waals surface area contributed by atoms with Crippen LogP contribution in [0, 0.1) is 5.82 Å². The molecule has 1 atom stereocenters. The van der Waals surface area contributed by atoms with Crippen LogP contribution in [0.2, 0.25) is 5.02 Å². The van der Waals surface area contributed by atoms with Gasteiger partial charge in [-0.15, -0.1) is 11.6 Å². The van der Waals surface area contributed by atoms with Crippen LogP contribution in [0.15, 0.2) is 46.9 Å². The van der Waals surface area contributed by atoms with Crippen LogP contribution in [-0.4, -0.2) is 0 Å². The second-order valence-corrected chi connectivity index (χ2v) is 5.78. The van der Waals surface area contributed by atoms with Gasteiger partial charge in [-0.1, -0.05) is 45.7 Å². The summed E-state index contributed by atoms with van der Waals surface area (Å²) < 4.78 is 13.7. The third-order valence-electron chi connectivity index (χ3n) is 2.63. The van der Waals surface area contributed by atoms with Crippen molar-refractivity contribution in [3.8, 4) is 0 Å². The molecule has 0 bridgehead atoms. The van der Waals surface area contributed by atoms with Crippen LogP contribution in [0.1, 0.15) is 16.5 Å². The van der Waals surface area contributed by atoms with E-state index in [9.17, 15) is 4.39 Å². The molecule has 4 heteroatoms. The van der Waals surface area contributed by atoms with Gasteiger partial charge >= 0.3 is 0 Å². The van der Waals surface area contributed by atoms with Crippen LogP contribution in [0.3, 0.4) is 0 Å². The molecule has 0 aromatic heterocycles. The van der Waals surface area contributed by atoms with E-state index in [1.54, 1.807) is 6.07 Å². The summed E-state index contributed by atoms with van der Waals surface area (Å²) in [5.41, 5.74) is 1.98. The highest BCUT2D eigenvalue weighted by molar-refractivity contribution is 9.10. The number of halogens is 4. The van der Waals surface area contributed by atoms with Gasteiger partial charge in [-0.25, -0.2) is 4.39 Å². The van der Waals surface area contributed by atoms with Gasteiger partial charge < -0.3 is 0 Å². The standard InChI is InChI=1S/C14H10BrCl2F/c15-13-8-11(18)5-6-12(13)14(17)7-9-1-3-10(16)4-2-9/h1-6,8,14H,7H2. The molecular formula is C14H10BrCl2F. The van der Waals surface area contributed by atoms with Gasteiger partial charge in [0.2, 0.25) is 0 Å². The zero-order chi connectivity index (χ0) is 13.1. The molecule has 2 aromatic rings. The van der Waals surface area contributed by atoms with E-state index in [2.05, 4.69) is 15.9 Å². The maximum absolute atomic E-state index is 13.0. The van der Waals surface area contributed by atoms with Crippen LogP contribution < -0.4 is 0 Å². The Balaban J connectivity index is 2.16. The van der Waals surface area contributed by atoms with E-state index in [0.29, 0.717) is 15.9 Å². The Labute approximate surface area is 124 Å². The summed E-state index contributed by atoms with van der Waals surface area (Å²) in [7, 11) is 0. The zero-order valence-corrected chi connectivity index (χ0v) is 12.4. The molecule has 0 heterocycles. The lowest BCUT2D eigenvalue weighted by atomic mass is 10.0. The quantitative estimate of drug-likeness (QED) is 0.619.